The van der Waals surface area contributed by atoms with E-state index in [1.165, 1.54) is 4.90 Å². The second-order valence-electron chi connectivity index (χ2n) is 11.4. The van der Waals surface area contributed by atoms with Gasteiger partial charge in [-0.05, 0) is 69.7 Å². The normalized spacial score (nSPS) is 21.3. The van der Waals surface area contributed by atoms with Crippen LogP contribution in [0.25, 0.3) is 0 Å². The van der Waals surface area contributed by atoms with Crippen molar-refractivity contribution in [3.63, 3.8) is 0 Å². The van der Waals surface area contributed by atoms with E-state index in [0.717, 1.165) is 36.8 Å². The van der Waals surface area contributed by atoms with Crippen molar-refractivity contribution in [1.82, 2.24) is 9.80 Å². The molecular weight excluding hydrogens is 500 g/mol. The summed E-state index contributed by atoms with van der Waals surface area (Å²) < 4.78 is 21.8. The highest BCUT2D eigenvalue weighted by molar-refractivity contribution is 5.83. The number of carbonyl (C=O) groups excluding carboxylic acids is 2. The van der Waals surface area contributed by atoms with Crippen LogP contribution in [-0.2, 0) is 32.0 Å². The average Bonchev–Trinajstić information content (AvgIpc) is 3.72. The Labute approximate surface area is 232 Å². The number of hydrogen-bond donors (Lipinski definition) is 1. The van der Waals surface area contributed by atoms with Crippen LogP contribution in [0.1, 0.15) is 57.6 Å². The van der Waals surface area contributed by atoms with Crippen LogP contribution >= 0.6 is 0 Å². The van der Waals surface area contributed by atoms with Crippen LogP contribution in [0.15, 0.2) is 18.2 Å². The molecule has 1 saturated heterocycles. The van der Waals surface area contributed by atoms with Gasteiger partial charge in [-0.25, -0.2) is 4.79 Å². The number of terminal acetylenes is 1. The molecule has 0 bridgehead atoms. The maximum absolute atomic E-state index is 14.0. The summed E-state index contributed by atoms with van der Waals surface area (Å²) in [5.41, 5.74) is -0.289. The first kappa shape index (κ1) is 30.7. The van der Waals surface area contributed by atoms with Crippen molar-refractivity contribution in [2.45, 2.75) is 76.7 Å². The molecule has 9 heteroatoms. The Balaban J connectivity index is 1.83. The number of benzene rings is 1. The van der Waals surface area contributed by atoms with Crippen molar-refractivity contribution in [2.24, 2.45) is 5.92 Å². The molecular formula is C30H44N2O7. The van der Waals surface area contributed by atoms with Gasteiger partial charge in [0.05, 0.1) is 12.5 Å². The quantitative estimate of drug-likeness (QED) is 0.318. The molecule has 0 radical (unpaired) electrons. The lowest BCUT2D eigenvalue weighted by atomic mass is 9.80. The third-order valence-corrected chi connectivity index (χ3v) is 6.96. The number of likely N-dealkylation sites (tertiary alicyclic amines) is 1. The number of carbonyl (C=O) groups is 2. The Bertz CT molecular complexity index is 999. The molecule has 216 valence electrons. The van der Waals surface area contributed by atoms with Gasteiger partial charge >= 0.3 is 6.09 Å². The van der Waals surface area contributed by atoms with E-state index in [0.29, 0.717) is 32.1 Å². The molecule has 0 spiro atoms. The Hall–Kier alpha value is -2.80. The number of methoxy groups -OCH3 is 2. The molecule has 2 fully saturated rings. The fraction of sp³-hybridized carbons (Fsp3) is 0.667. The molecule has 3 rings (SSSR count). The lowest BCUT2D eigenvalue weighted by molar-refractivity contribution is -0.147. The molecule has 39 heavy (non-hydrogen) atoms. The number of ether oxygens (including phenoxy) is 4. The van der Waals surface area contributed by atoms with E-state index in [1.807, 2.05) is 12.1 Å². The summed E-state index contributed by atoms with van der Waals surface area (Å²) in [6.07, 6.45) is 8.77. The van der Waals surface area contributed by atoms with Gasteiger partial charge in [-0.15, -0.1) is 6.42 Å². The number of piperidine rings is 1. The molecule has 1 aliphatic carbocycles. The molecule has 2 aliphatic rings. The van der Waals surface area contributed by atoms with Crippen molar-refractivity contribution in [2.75, 3.05) is 47.1 Å². The largest absolute Gasteiger partial charge is 0.491 e. The fourth-order valence-electron chi connectivity index (χ4n) is 4.77. The lowest BCUT2D eigenvalue weighted by Gasteiger charge is -2.42. The molecule has 1 aromatic rings. The summed E-state index contributed by atoms with van der Waals surface area (Å²) in [5.74, 6) is 1.97. The van der Waals surface area contributed by atoms with E-state index >= 15 is 0 Å². The van der Waals surface area contributed by atoms with Crippen molar-refractivity contribution < 1.29 is 33.6 Å². The van der Waals surface area contributed by atoms with Gasteiger partial charge in [-0.1, -0.05) is 12.0 Å². The first-order chi connectivity index (χ1) is 18.5. The highest BCUT2D eigenvalue weighted by Gasteiger charge is 2.49. The van der Waals surface area contributed by atoms with Gasteiger partial charge in [0, 0.05) is 52.9 Å². The zero-order chi connectivity index (χ0) is 28.6. The van der Waals surface area contributed by atoms with Crippen molar-refractivity contribution in [1.29, 1.82) is 0 Å². The van der Waals surface area contributed by atoms with Gasteiger partial charge in [0.1, 0.15) is 23.6 Å². The van der Waals surface area contributed by atoms with Gasteiger partial charge in [0.2, 0.25) is 5.91 Å². The number of amides is 2. The minimum atomic E-state index is -1.64. The summed E-state index contributed by atoms with van der Waals surface area (Å²) in [5, 5.41) is 11.3. The SMILES string of the molecule is C#C[C@@]1(O)CCN(C(=O)OC(C)(C)C)C[C@@H]1C(=O)N(Cc1cc(CCCOC)cc(OCCOC)c1)C1CC1. The van der Waals surface area contributed by atoms with Crippen LogP contribution in [0.2, 0.25) is 0 Å². The van der Waals surface area contributed by atoms with Crippen LogP contribution in [-0.4, -0.2) is 91.3 Å². The number of hydrogen-bond acceptors (Lipinski definition) is 7. The van der Waals surface area contributed by atoms with E-state index in [2.05, 4.69) is 12.0 Å². The topological polar surface area (TPSA) is 97.8 Å². The van der Waals surface area contributed by atoms with Crippen molar-refractivity contribution >= 4 is 12.0 Å². The number of rotatable bonds is 12. The Kier molecular flexibility index (Phi) is 10.6. The third-order valence-electron chi connectivity index (χ3n) is 6.96. The van der Waals surface area contributed by atoms with E-state index in [9.17, 15) is 14.7 Å². The molecule has 1 heterocycles. The van der Waals surface area contributed by atoms with Crippen LogP contribution < -0.4 is 4.74 Å². The number of aryl methyl sites for hydroxylation is 1. The zero-order valence-corrected chi connectivity index (χ0v) is 24.0. The molecule has 1 aliphatic heterocycles. The molecule has 1 saturated carbocycles. The van der Waals surface area contributed by atoms with Gasteiger partial charge in [-0.3, -0.25) is 4.79 Å². The van der Waals surface area contributed by atoms with E-state index in [-0.39, 0.29) is 31.5 Å². The number of aliphatic hydroxyl groups is 1. The molecule has 0 aromatic heterocycles. The second kappa shape index (κ2) is 13.5. The fourth-order valence-corrected chi connectivity index (χ4v) is 4.77. The van der Waals surface area contributed by atoms with E-state index in [4.69, 9.17) is 25.4 Å². The molecule has 9 nitrogen and oxygen atoms in total. The molecule has 1 aromatic carbocycles. The van der Waals surface area contributed by atoms with Crippen LogP contribution in [0.4, 0.5) is 4.79 Å². The van der Waals surface area contributed by atoms with Crippen LogP contribution in [0, 0.1) is 18.3 Å². The standard InChI is InChI=1S/C30H44N2O7/c1-7-30(35)12-13-31(28(34)39-29(2,3)4)21-26(30)27(33)32(24-10-11-24)20-23-17-22(9-8-14-36-5)18-25(19-23)38-16-15-37-6/h1,17-19,24,26,35H,8-16,20-21H2,2-6H3/t26-,30-/m1/s1. The van der Waals surface area contributed by atoms with Gasteiger partial charge in [0.25, 0.3) is 0 Å². The van der Waals surface area contributed by atoms with E-state index < -0.39 is 23.2 Å². The third kappa shape index (κ3) is 8.85. The Morgan fingerprint density at radius 2 is 1.82 bits per heavy atom. The van der Waals surface area contributed by atoms with Gasteiger partial charge in [-0.2, -0.15) is 0 Å². The summed E-state index contributed by atoms with van der Waals surface area (Å²) >= 11 is 0. The Morgan fingerprint density at radius 1 is 1.13 bits per heavy atom. The van der Waals surface area contributed by atoms with Crippen LogP contribution in [0.3, 0.4) is 0 Å². The van der Waals surface area contributed by atoms with Gasteiger partial charge < -0.3 is 33.9 Å². The average molecular weight is 545 g/mol. The maximum Gasteiger partial charge on any atom is 0.410 e. The smallest absolute Gasteiger partial charge is 0.410 e. The predicted molar refractivity (Wildman–Crippen MR) is 147 cm³/mol. The molecule has 2 atom stereocenters. The highest BCUT2D eigenvalue weighted by Crippen LogP contribution is 2.36. The minimum Gasteiger partial charge on any atom is -0.491 e. The van der Waals surface area contributed by atoms with Gasteiger partial charge in [0.15, 0.2) is 0 Å². The van der Waals surface area contributed by atoms with Crippen LogP contribution in [0.5, 0.6) is 5.75 Å². The summed E-state index contributed by atoms with van der Waals surface area (Å²) in [6, 6.07) is 6.10. The molecule has 2 amide bonds. The Morgan fingerprint density at radius 3 is 2.44 bits per heavy atom. The monoisotopic (exact) mass is 544 g/mol. The highest BCUT2D eigenvalue weighted by atomic mass is 16.6. The summed E-state index contributed by atoms with van der Waals surface area (Å²) in [7, 11) is 3.31. The first-order valence-electron chi connectivity index (χ1n) is 13.7. The summed E-state index contributed by atoms with van der Waals surface area (Å²) in [6.45, 7) is 7.48. The molecule has 0 unspecified atom stereocenters. The zero-order valence-electron chi connectivity index (χ0n) is 24.0. The van der Waals surface area contributed by atoms with Crippen molar-refractivity contribution in [3.05, 3.63) is 29.3 Å². The number of nitrogens with zero attached hydrogens (tertiary/aromatic N) is 2. The predicted octanol–water partition coefficient (Wildman–Crippen LogP) is 3.40. The minimum absolute atomic E-state index is 0.000102. The van der Waals surface area contributed by atoms with E-state index in [1.54, 1.807) is 39.9 Å². The summed E-state index contributed by atoms with van der Waals surface area (Å²) in [4.78, 5) is 30.1. The lowest BCUT2D eigenvalue weighted by Crippen LogP contribution is -2.59. The maximum atomic E-state index is 14.0. The second-order valence-corrected chi connectivity index (χ2v) is 11.4. The first-order valence-corrected chi connectivity index (χ1v) is 13.7. The van der Waals surface area contributed by atoms with Crippen molar-refractivity contribution in [3.8, 4) is 18.1 Å². The molecule has 1 N–H and O–H groups in total.